The Kier molecular flexibility index (Phi) is 6.42. The maximum absolute atomic E-state index is 2.38. The molecule has 0 heteroatoms. The van der Waals surface area contributed by atoms with E-state index in [0.29, 0.717) is 0 Å². The summed E-state index contributed by atoms with van der Waals surface area (Å²) in [5.41, 5.74) is 2.98. The van der Waals surface area contributed by atoms with Crippen LogP contribution in [0.3, 0.4) is 0 Å². The minimum atomic E-state index is 0.837. The van der Waals surface area contributed by atoms with Gasteiger partial charge in [-0.15, -0.1) is 0 Å². The molecule has 0 radical (unpaired) electrons. The standard InChI is InChI=1S/C24H38/c1-18(2)4-7-20-8-12-22(13-9-20)24-16-14-23(15-17-24)21-10-5-19(3)6-11-21/h5-6,10-11,18,20,22-24H,4,7-9,12-17H2,1-3H3. The molecule has 24 heavy (non-hydrogen) atoms. The van der Waals surface area contributed by atoms with Crippen molar-refractivity contribution in [2.24, 2.45) is 23.7 Å². The molecule has 2 saturated carbocycles. The Labute approximate surface area is 150 Å². The van der Waals surface area contributed by atoms with Crippen LogP contribution in [0.15, 0.2) is 24.3 Å². The van der Waals surface area contributed by atoms with E-state index in [0.717, 1.165) is 29.6 Å². The van der Waals surface area contributed by atoms with Gasteiger partial charge in [-0.3, -0.25) is 0 Å². The fourth-order valence-corrected chi connectivity index (χ4v) is 5.28. The number of hydrogen-bond acceptors (Lipinski definition) is 0. The molecule has 134 valence electrons. The van der Waals surface area contributed by atoms with Crippen LogP contribution in [-0.4, -0.2) is 0 Å². The Bertz CT molecular complexity index is 467. The molecule has 0 saturated heterocycles. The van der Waals surface area contributed by atoms with Crippen LogP contribution in [0.5, 0.6) is 0 Å². The van der Waals surface area contributed by atoms with Crippen LogP contribution in [-0.2, 0) is 0 Å². The molecule has 0 nitrogen and oxygen atoms in total. The molecule has 0 aromatic heterocycles. The third-order valence-electron chi connectivity index (χ3n) is 7.03. The summed E-state index contributed by atoms with van der Waals surface area (Å²) in [6.07, 6.45) is 14.9. The molecule has 2 aliphatic carbocycles. The summed E-state index contributed by atoms with van der Waals surface area (Å²) in [5.74, 6) is 4.87. The summed E-state index contributed by atoms with van der Waals surface area (Å²) < 4.78 is 0. The molecular formula is C24H38. The van der Waals surface area contributed by atoms with Crippen molar-refractivity contribution >= 4 is 0 Å². The SMILES string of the molecule is Cc1ccc(C2CCC(C3CCC(CCC(C)C)CC3)CC2)cc1. The predicted molar refractivity (Wildman–Crippen MR) is 105 cm³/mol. The molecular weight excluding hydrogens is 288 g/mol. The third kappa shape index (κ3) is 4.87. The van der Waals surface area contributed by atoms with Gasteiger partial charge in [0.1, 0.15) is 0 Å². The molecule has 3 rings (SSSR count). The van der Waals surface area contributed by atoms with Crippen molar-refractivity contribution in [1.82, 2.24) is 0 Å². The lowest BCUT2D eigenvalue weighted by molar-refractivity contribution is 0.154. The highest BCUT2D eigenvalue weighted by Crippen LogP contribution is 2.44. The molecule has 0 spiro atoms. The van der Waals surface area contributed by atoms with E-state index in [-0.39, 0.29) is 0 Å². The maximum Gasteiger partial charge on any atom is -0.0162 e. The highest BCUT2D eigenvalue weighted by atomic mass is 14.4. The molecule has 0 unspecified atom stereocenters. The number of aryl methyl sites for hydroxylation is 1. The van der Waals surface area contributed by atoms with Gasteiger partial charge < -0.3 is 0 Å². The summed E-state index contributed by atoms with van der Waals surface area (Å²) in [4.78, 5) is 0. The van der Waals surface area contributed by atoms with Gasteiger partial charge >= 0.3 is 0 Å². The minimum Gasteiger partial charge on any atom is -0.0628 e. The van der Waals surface area contributed by atoms with E-state index in [9.17, 15) is 0 Å². The second kappa shape index (κ2) is 8.54. The van der Waals surface area contributed by atoms with E-state index in [1.165, 1.54) is 69.8 Å². The molecule has 0 amide bonds. The first-order chi connectivity index (χ1) is 11.6. The molecule has 0 heterocycles. The second-order valence-electron chi connectivity index (χ2n) is 9.27. The summed E-state index contributed by atoms with van der Waals surface area (Å²) in [6.45, 7) is 6.94. The van der Waals surface area contributed by atoms with E-state index < -0.39 is 0 Å². The van der Waals surface area contributed by atoms with Crippen molar-refractivity contribution in [2.45, 2.75) is 90.9 Å². The molecule has 0 atom stereocenters. The van der Waals surface area contributed by atoms with E-state index >= 15 is 0 Å². The average Bonchev–Trinajstić information content (AvgIpc) is 2.61. The molecule has 1 aromatic carbocycles. The molecule has 2 fully saturated rings. The van der Waals surface area contributed by atoms with Crippen molar-refractivity contribution < 1.29 is 0 Å². The van der Waals surface area contributed by atoms with Crippen LogP contribution >= 0.6 is 0 Å². The van der Waals surface area contributed by atoms with E-state index in [2.05, 4.69) is 45.0 Å². The van der Waals surface area contributed by atoms with Crippen molar-refractivity contribution in [3.05, 3.63) is 35.4 Å². The van der Waals surface area contributed by atoms with Crippen LogP contribution in [0.4, 0.5) is 0 Å². The largest absolute Gasteiger partial charge is 0.0628 e. The lowest BCUT2D eigenvalue weighted by atomic mass is 9.68. The Hall–Kier alpha value is -0.780. The molecule has 0 N–H and O–H groups in total. The van der Waals surface area contributed by atoms with Gasteiger partial charge in [0.25, 0.3) is 0 Å². The molecule has 0 aliphatic heterocycles. The summed E-state index contributed by atoms with van der Waals surface area (Å²) >= 11 is 0. The zero-order valence-electron chi connectivity index (χ0n) is 16.3. The van der Waals surface area contributed by atoms with Crippen molar-refractivity contribution in [1.29, 1.82) is 0 Å². The number of benzene rings is 1. The Morgan fingerprint density at radius 3 is 1.88 bits per heavy atom. The fraction of sp³-hybridized carbons (Fsp3) is 0.750. The van der Waals surface area contributed by atoms with Crippen molar-refractivity contribution in [3.8, 4) is 0 Å². The van der Waals surface area contributed by atoms with Crippen molar-refractivity contribution in [3.63, 3.8) is 0 Å². The molecule has 0 bridgehead atoms. The van der Waals surface area contributed by atoms with E-state index in [1.54, 1.807) is 5.56 Å². The normalized spacial score (nSPS) is 31.3. The quantitative estimate of drug-likeness (QED) is 0.525. The van der Waals surface area contributed by atoms with Gasteiger partial charge in [0.15, 0.2) is 0 Å². The Balaban J connectivity index is 1.42. The van der Waals surface area contributed by atoms with Gasteiger partial charge in [0.2, 0.25) is 0 Å². The van der Waals surface area contributed by atoms with Crippen LogP contribution in [0.1, 0.15) is 95.1 Å². The van der Waals surface area contributed by atoms with Gasteiger partial charge in [-0.25, -0.2) is 0 Å². The highest BCUT2D eigenvalue weighted by molar-refractivity contribution is 5.24. The van der Waals surface area contributed by atoms with Crippen molar-refractivity contribution in [2.75, 3.05) is 0 Å². The average molecular weight is 327 g/mol. The summed E-state index contributed by atoms with van der Waals surface area (Å²) in [6, 6.07) is 9.33. The van der Waals surface area contributed by atoms with Crippen LogP contribution < -0.4 is 0 Å². The first-order valence-corrected chi connectivity index (χ1v) is 10.7. The maximum atomic E-state index is 2.38. The first kappa shape index (κ1) is 18.0. The van der Waals surface area contributed by atoms with Crippen LogP contribution in [0.2, 0.25) is 0 Å². The van der Waals surface area contributed by atoms with E-state index in [1.807, 2.05) is 0 Å². The van der Waals surface area contributed by atoms with Gasteiger partial charge in [-0.2, -0.15) is 0 Å². The first-order valence-electron chi connectivity index (χ1n) is 10.7. The monoisotopic (exact) mass is 326 g/mol. The zero-order valence-corrected chi connectivity index (χ0v) is 16.3. The lowest BCUT2D eigenvalue weighted by Gasteiger charge is -2.38. The Morgan fingerprint density at radius 1 is 0.792 bits per heavy atom. The van der Waals surface area contributed by atoms with E-state index in [4.69, 9.17) is 0 Å². The van der Waals surface area contributed by atoms with Gasteiger partial charge in [-0.05, 0) is 80.6 Å². The van der Waals surface area contributed by atoms with Crippen LogP contribution in [0.25, 0.3) is 0 Å². The zero-order chi connectivity index (χ0) is 16.9. The molecule has 2 aliphatic rings. The van der Waals surface area contributed by atoms with Gasteiger partial charge in [0.05, 0.1) is 0 Å². The fourth-order valence-electron chi connectivity index (χ4n) is 5.28. The topological polar surface area (TPSA) is 0 Å². The summed E-state index contributed by atoms with van der Waals surface area (Å²) in [5, 5.41) is 0. The Morgan fingerprint density at radius 2 is 1.33 bits per heavy atom. The molecule has 1 aromatic rings. The van der Waals surface area contributed by atoms with Gasteiger partial charge in [-0.1, -0.05) is 69.4 Å². The lowest BCUT2D eigenvalue weighted by Crippen LogP contribution is -2.25. The smallest absolute Gasteiger partial charge is 0.0162 e. The highest BCUT2D eigenvalue weighted by Gasteiger charge is 2.31. The van der Waals surface area contributed by atoms with Crippen LogP contribution in [0, 0.1) is 30.6 Å². The number of hydrogen-bond donors (Lipinski definition) is 0. The minimum absolute atomic E-state index is 0.837. The third-order valence-corrected chi connectivity index (χ3v) is 7.03. The number of rotatable bonds is 5. The van der Waals surface area contributed by atoms with Gasteiger partial charge in [0, 0.05) is 0 Å². The second-order valence-corrected chi connectivity index (χ2v) is 9.27. The summed E-state index contributed by atoms with van der Waals surface area (Å²) in [7, 11) is 0. The predicted octanol–water partition coefficient (Wildman–Crippen LogP) is 7.51.